The van der Waals surface area contributed by atoms with Crippen LogP contribution in [0.5, 0.6) is 0 Å². The summed E-state index contributed by atoms with van der Waals surface area (Å²) in [6.07, 6.45) is 6.93. The standard InChI is InChI=1S/C17H22N6O2/c1-21-16(12-4-2-3-5-13(12)19-21)17(24)22-7-6-15-14(9-22)23-11(10-25-15)8-18-20-23/h8,14-15H,2-7,9-10H2,1H3/t14-,15+/m0/s1. The molecule has 2 aromatic rings. The molecule has 0 saturated carbocycles. The summed E-state index contributed by atoms with van der Waals surface area (Å²) in [5.74, 6) is 0.0869. The van der Waals surface area contributed by atoms with Crippen molar-refractivity contribution in [1.29, 1.82) is 0 Å². The third-order valence-electron chi connectivity index (χ3n) is 5.74. The summed E-state index contributed by atoms with van der Waals surface area (Å²) in [5, 5.41) is 12.8. The Bertz CT molecular complexity index is 825. The van der Waals surface area contributed by atoms with E-state index in [9.17, 15) is 4.79 Å². The van der Waals surface area contributed by atoms with Gasteiger partial charge in [-0.1, -0.05) is 5.21 Å². The zero-order valence-corrected chi connectivity index (χ0v) is 14.4. The van der Waals surface area contributed by atoms with Gasteiger partial charge in [0.1, 0.15) is 5.69 Å². The fraction of sp³-hybridized carbons (Fsp3) is 0.647. The second-order valence-corrected chi connectivity index (χ2v) is 7.23. The molecule has 0 bridgehead atoms. The van der Waals surface area contributed by atoms with Crippen LogP contribution in [0, 0.1) is 0 Å². The zero-order valence-electron chi connectivity index (χ0n) is 14.4. The normalized spacial score (nSPS) is 25.2. The molecule has 0 aromatic carbocycles. The molecular weight excluding hydrogens is 320 g/mol. The van der Waals surface area contributed by atoms with Crippen LogP contribution in [-0.4, -0.2) is 54.8 Å². The van der Waals surface area contributed by atoms with Crippen molar-refractivity contribution in [2.24, 2.45) is 7.05 Å². The van der Waals surface area contributed by atoms with Gasteiger partial charge in [0, 0.05) is 25.7 Å². The molecule has 2 atom stereocenters. The monoisotopic (exact) mass is 342 g/mol. The average Bonchev–Trinajstić information content (AvgIpc) is 3.24. The number of hydrogen-bond acceptors (Lipinski definition) is 5. The van der Waals surface area contributed by atoms with E-state index in [0.29, 0.717) is 19.7 Å². The molecule has 4 heterocycles. The number of ether oxygens (including phenoxy) is 1. The summed E-state index contributed by atoms with van der Waals surface area (Å²) >= 11 is 0. The number of carbonyl (C=O) groups excluding carboxylic acids is 1. The van der Waals surface area contributed by atoms with E-state index in [1.807, 2.05) is 16.6 Å². The van der Waals surface area contributed by atoms with Crippen molar-refractivity contribution in [1.82, 2.24) is 29.7 Å². The quantitative estimate of drug-likeness (QED) is 0.769. The summed E-state index contributed by atoms with van der Waals surface area (Å²) in [4.78, 5) is 15.2. The van der Waals surface area contributed by atoms with E-state index in [1.54, 1.807) is 10.9 Å². The highest BCUT2D eigenvalue weighted by atomic mass is 16.5. The van der Waals surface area contributed by atoms with Crippen LogP contribution in [0.4, 0.5) is 0 Å². The minimum atomic E-state index is 0.0491. The number of aromatic nitrogens is 5. The first-order valence-corrected chi connectivity index (χ1v) is 9.07. The highest BCUT2D eigenvalue weighted by Crippen LogP contribution is 2.32. The van der Waals surface area contributed by atoms with Crippen LogP contribution in [0.2, 0.25) is 0 Å². The Hall–Kier alpha value is -2.22. The Morgan fingerprint density at radius 2 is 2.20 bits per heavy atom. The number of rotatable bonds is 1. The summed E-state index contributed by atoms with van der Waals surface area (Å²) in [5.41, 5.74) is 4.01. The van der Waals surface area contributed by atoms with E-state index in [2.05, 4.69) is 15.4 Å². The SMILES string of the molecule is Cn1nc2c(c1C(=O)N1CC[C@H]3OCc4cnnn4[C@H]3C1)CCCC2. The Morgan fingerprint density at radius 3 is 3.12 bits per heavy atom. The van der Waals surface area contributed by atoms with Gasteiger partial charge in [-0.05, 0) is 32.1 Å². The van der Waals surface area contributed by atoms with E-state index < -0.39 is 0 Å². The van der Waals surface area contributed by atoms with Gasteiger partial charge in [0.15, 0.2) is 0 Å². The molecule has 8 nitrogen and oxygen atoms in total. The Kier molecular flexibility index (Phi) is 3.41. The Morgan fingerprint density at radius 1 is 1.32 bits per heavy atom. The molecule has 8 heteroatoms. The van der Waals surface area contributed by atoms with Crippen LogP contribution in [0.25, 0.3) is 0 Å². The van der Waals surface area contributed by atoms with E-state index in [1.165, 1.54) is 0 Å². The van der Waals surface area contributed by atoms with E-state index in [4.69, 9.17) is 4.74 Å². The predicted octanol–water partition coefficient (Wildman–Crippen LogP) is 0.876. The van der Waals surface area contributed by atoms with Gasteiger partial charge in [-0.3, -0.25) is 9.48 Å². The molecule has 2 aliphatic heterocycles. The third kappa shape index (κ3) is 2.31. The van der Waals surface area contributed by atoms with Crippen LogP contribution in [0.15, 0.2) is 6.20 Å². The van der Waals surface area contributed by atoms with Crippen molar-refractivity contribution >= 4 is 5.91 Å². The Labute approximate surface area is 145 Å². The molecule has 132 valence electrons. The smallest absolute Gasteiger partial charge is 0.272 e. The number of aryl methyl sites for hydroxylation is 2. The maximum Gasteiger partial charge on any atom is 0.272 e. The topological polar surface area (TPSA) is 78.1 Å². The van der Waals surface area contributed by atoms with Gasteiger partial charge in [0.25, 0.3) is 5.91 Å². The molecule has 1 saturated heterocycles. The van der Waals surface area contributed by atoms with Crippen LogP contribution in [0.3, 0.4) is 0 Å². The van der Waals surface area contributed by atoms with Crippen molar-refractivity contribution in [3.05, 3.63) is 28.8 Å². The van der Waals surface area contributed by atoms with Crippen molar-refractivity contribution < 1.29 is 9.53 Å². The molecule has 0 radical (unpaired) electrons. The molecule has 2 aromatic heterocycles. The van der Waals surface area contributed by atoms with Crippen molar-refractivity contribution in [3.63, 3.8) is 0 Å². The highest BCUT2D eigenvalue weighted by Gasteiger charge is 2.39. The molecular formula is C17H22N6O2. The molecule has 1 amide bonds. The summed E-state index contributed by atoms with van der Waals surface area (Å²) in [7, 11) is 1.89. The molecule has 5 rings (SSSR count). The van der Waals surface area contributed by atoms with Crippen molar-refractivity contribution in [2.75, 3.05) is 13.1 Å². The van der Waals surface area contributed by atoms with Gasteiger partial charge in [0.05, 0.1) is 36.3 Å². The summed E-state index contributed by atoms with van der Waals surface area (Å²) < 4.78 is 9.66. The third-order valence-corrected chi connectivity index (χ3v) is 5.74. The van der Waals surface area contributed by atoms with E-state index >= 15 is 0 Å². The van der Waals surface area contributed by atoms with E-state index in [0.717, 1.165) is 54.7 Å². The number of carbonyl (C=O) groups is 1. The first kappa shape index (κ1) is 15.1. The maximum atomic E-state index is 13.3. The van der Waals surface area contributed by atoms with Gasteiger partial charge >= 0.3 is 0 Å². The molecule has 0 spiro atoms. The lowest BCUT2D eigenvalue weighted by atomic mass is 9.94. The van der Waals surface area contributed by atoms with Gasteiger partial charge in [-0.15, -0.1) is 5.10 Å². The number of hydrogen-bond donors (Lipinski definition) is 0. The largest absolute Gasteiger partial charge is 0.370 e. The van der Waals surface area contributed by atoms with Gasteiger partial charge in [-0.25, -0.2) is 4.68 Å². The molecule has 25 heavy (non-hydrogen) atoms. The van der Waals surface area contributed by atoms with Crippen LogP contribution in [-0.2, 0) is 31.2 Å². The molecule has 0 N–H and O–H groups in total. The second kappa shape index (κ2) is 5.66. The zero-order chi connectivity index (χ0) is 17.0. The molecule has 3 aliphatic rings. The van der Waals surface area contributed by atoms with Gasteiger partial charge in [0.2, 0.25) is 0 Å². The number of piperidine rings is 1. The Balaban J connectivity index is 1.44. The maximum absolute atomic E-state index is 13.3. The van der Waals surface area contributed by atoms with Crippen molar-refractivity contribution in [3.8, 4) is 0 Å². The fourth-order valence-corrected chi connectivity index (χ4v) is 4.46. The van der Waals surface area contributed by atoms with Crippen LogP contribution >= 0.6 is 0 Å². The van der Waals surface area contributed by atoms with Crippen LogP contribution < -0.4 is 0 Å². The number of likely N-dealkylation sites (tertiary alicyclic amines) is 1. The minimum Gasteiger partial charge on any atom is -0.370 e. The lowest BCUT2D eigenvalue weighted by molar-refractivity contribution is -0.0606. The molecule has 1 fully saturated rings. The van der Waals surface area contributed by atoms with Gasteiger partial charge in [-0.2, -0.15) is 5.10 Å². The first-order valence-electron chi connectivity index (χ1n) is 9.07. The molecule has 1 aliphatic carbocycles. The lowest BCUT2D eigenvalue weighted by Crippen LogP contribution is -2.50. The lowest BCUT2D eigenvalue weighted by Gasteiger charge is -2.41. The molecule has 0 unspecified atom stereocenters. The number of amides is 1. The van der Waals surface area contributed by atoms with Gasteiger partial charge < -0.3 is 9.64 Å². The van der Waals surface area contributed by atoms with E-state index in [-0.39, 0.29) is 18.1 Å². The average molecular weight is 342 g/mol. The fourth-order valence-electron chi connectivity index (χ4n) is 4.46. The second-order valence-electron chi connectivity index (χ2n) is 7.23. The summed E-state index contributed by atoms with van der Waals surface area (Å²) in [6.45, 7) is 1.88. The van der Waals surface area contributed by atoms with Crippen molar-refractivity contribution in [2.45, 2.75) is 50.9 Å². The summed E-state index contributed by atoms with van der Waals surface area (Å²) in [6, 6.07) is 0.0491. The number of nitrogens with zero attached hydrogens (tertiary/aromatic N) is 6. The minimum absolute atomic E-state index is 0.0491. The highest BCUT2D eigenvalue weighted by molar-refractivity contribution is 5.94. The number of fused-ring (bicyclic) bond motifs is 4. The first-order chi connectivity index (χ1) is 12.2. The predicted molar refractivity (Wildman–Crippen MR) is 88.0 cm³/mol. The van der Waals surface area contributed by atoms with Crippen LogP contribution in [0.1, 0.15) is 52.7 Å².